The Hall–Kier alpha value is -6.88. The van der Waals surface area contributed by atoms with E-state index < -0.39 is 0 Å². The first-order valence-electron chi connectivity index (χ1n) is 15.9. The second-order valence-corrected chi connectivity index (χ2v) is 11.9. The Kier molecular flexibility index (Phi) is 6.22. The normalized spacial score (nSPS) is 11.3. The van der Waals surface area contributed by atoms with Crippen molar-refractivity contribution in [3.05, 3.63) is 169 Å². The molecule has 9 rings (SSSR count). The Balaban J connectivity index is 1.33. The van der Waals surface area contributed by atoms with E-state index in [1.165, 1.54) is 0 Å². The molecular weight excluding hydrogens is 585 g/mol. The Bertz CT molecular complexity index is 2710. The van der Waals surface area contributed by atoms with Gasteiger partial charge in [-0.05, 0) is 53.6 Å². The van der Waals surface area contributed by atoms with E-state index in [1.807, 2.05) is 60.7 Å². The lowest BCUT2D eigenvalue weighted by atomic mass is 9.90. The molecular formula is C44H26N4. The van der Waals surface area contributed by atoms with Gasteiger partial charge in [-0.3, -0.25) is 0 Å². The monoisotopic (exact) mass is 610 g/mol. The standard InChI is InChI=1S/C44H26N4/c45-27-29-24-25-37(44(26-29)48-41-21-9-5-16-35(41)36-17-6-10-22-42(36)48)31-13-2-1-12-30(31)32-18-11-23-43(38(32)28-46)47-39-19-7-3-14-33(39)34-15-4-8-20-40(34)47/h1-26H. The summed E-state index contributed by atoms with van der Waals surface area (Å²) in [4.78, 5) is 0. The van der Waals surface area contributed by atoms with E-state index in [9.17, 15) is 10.5 Å². The first-order valence-corrected chi connectivity index (χ1v) is 15.9. The van der Waals surface area contributed by atoms with Crippen LogP contribution in [0, 0.1) is 22.7 Å². The van der Waals surface area contributed by atoms with Crippen LogP contribution in [0.2, 0.25) is 0 Å². The quantitative estimate of drug-likeness (QED) is 0.199. The van der Waals surface area contributed by atoms with Crippen molar-refractivity contribution < 1.29 is 0 Å². The summed E-state index contributed by atoms with van der Waals surface area (Å²) >= 11 is 0. The van der Waals surface area contributed by atoms with Crippen molar-refractivity contribution >= 4 is 43.6 Å². The fourth-order valence-corrected chi connectivity index (χ4v) is 7.40. The fraction of sp³-hybridized carbons (Fsp3) is 0. The maximum absolute atomic E-state index is 10.9. The van der Waals surface area contributed by atoms with Crippen molar-refractivity contribution in [2.24, 2.45) is 0 Å². The lowest BCUT2D eigenvalue weighted by Gasteiger charge is -2.19. The molecule has 9 aromatic rings. The van der Waals surface area contributed by atoms with E-state index >= 15 is 0 Å². The molecule has 0 amide bonds. The highest BCUT2D eigenvalue weighted by Gasteiger charge is 2.21. The average Bonchev–Trinajstić information content (AvgIpc) is 3.67. The summed E-state index contributed by atoms with van der Waals surface area (Å²) in [5.74, 6) is 0. The summed E-state index contributed by atoms with van der Waals surface area (Å²) in [7, 11) is 0. The summed E-state index contributed by atoms with van der Waals surface area (Å²) in [5.41, 5.74) is 10.9. The number of rotatable bonds is 4. The van der Waals surface area contributed by atoms with Crippen LogP contribution >= 0.6 is 0 Å². The van der Waals surface area contributed by atoms with E-state index in [0.29, 0.717) is 11.1 Å². The molecule has 4 heteroatoms. The highest BCUT2D eigenvalue weighted by Crippen LogP contribution is 2.42. The Morgan fingerprint density at radius 1 is 0.354 bits per heavy atom. The number of fused-ring (bicyclic) bond motifs is 6. The largest absolute Gasteiger partial charge is 0.309 e. The van der Waals surface area contributed by atoms with E-state index in [1.54, 1.807) is 0 Å². The average molecular weight is 611 g/mol. The molecule has 0 fully saturated rings. The molecule has 0 aliphatic heterocycles. The number of nitriles is 2. The number of aromatic nitrogens is 2. The third kappa shape index (κ3) is 4.01. The Morgan fingerprint density at radius 3 is 1.29 bits per heavy atom. The number of hydrogen-bond donors (Lipinski definition) is 0. The van der Waals surface area contributed by atoms with Gasteiger partial charge in [0.05, 0.1) is 50.6 Å². The van der Waals surface area contributed by atoms with Crippen LogP contribution in [0.4, 0.5) is 0 Å². The minimum atomic E-state index is 0.583. The molecule has 48 heavy (non-hydrogen) atoms. The molecule has 0 radical (unpaired) electrons. The molecule has 0 aliphatic rings. The van der Waals surface area contributed by atoms with Gasteiger partial charge in [0.1, 0.15) is 6.07 Å². The highest BCUT2D eigenvalue weighted by atomic mass is 15.0. The Morgan fingerprint density at radius 2 is 0.792 bits per heavy atom. The van der Waals surface area contributed by atoms with Crippen molar-refractivity contribution in [3.8, 4) is 45.8 Å². The summed E-state index contributed by atoms with van der Waals surface area (Å²) in [5, 5.41) is 25.5. The molecule has 0 atom stereocenters. The van der Waals surface area contributed by atoms with Gasteiger partial charge in [-0.25, -0.2) is 0 Å². The molecule has 0 spiro atoms. The van der Waals surface area contributed by atoms with Crippen molar-refractivity contribution in [2.75, 3.05) is 0 Å². The zero-order valence-electron chi connectivity index (χ0n) is 25.8. The number of para-hydroxylation sites is 4. The number of hydrogen-bond acceptors (Lipinski definition) is 2. The molecule has 0 saturated heterocycles. The first-order chi connectivity index (χ1) is 23.8. The van der Waals surface area contributed by atoms with Crippen LogP contribution in [-0.2, 0) is 0 Å². The second-order valence-electron chi connectivity index (χ2n) is 11.9. The molecule has 2 heterocycles. The topological polar surface area (TPSA) is 57.4 Å². The van der Waals surface area contributed by atoms with Crippen LogP contribution in [0.5, 0.6) is 0 Å². The molecule has 0 N–H and O–H groups in total. The van der Waals surface area contributed by atoms with E-state index in [2.05, 4.69) is 118 Å². The van der Waals surface area contributed by atoms with Crippen LogP contribution in [0.1, 0.15) is 11.1 Å². The number of nitrogens with zero attached hydrogens (tertiary/aromatic N) is 4. The van der Waals surface area contributed by atoms with Crippen LogP contribution in [0.15, 0.2) is 158 Å². The van der Waals surface area contributed by atoms with Crippen molar-refractivity contribution in [1.82, 2.24) is 9.13 Å². The lowest BCUT2D eigenvalue weighted by molar-refractivity contribution is 1.17. The summed E-state index contributed by atoms with van der Waals surface area (Å²) < 4.78 is 4.47. The third-order valence-corrected chi connectivity index (χ3v) is 9.43. The van der Waals surface area contributed by atoms with Crippen molar-refractivity contribution in [3.63, 3.8) is 0 Å². The second kappa shape index (κ2) is 10.9. The molecule has 222 valence electrons. The van der Waals surface area contributed by atoms with Crippen LogP contribution in [-0.4, -0.2) is 9.13 Å². The van der Waals surface area contributed by atoms with Gasteiger partial charge in [0.15, 0.2) is 0 Å². The predicted octanol–water partition coefficient (Wildman–Crippen LogP) is 11.0. The van der Waals surface area contributed by atoms with Gasteiger partial charge in [0, 0.05) is 32.7 Å². The zero-order chi connectivity index (χ0) is 32.2. The van der Waals surface area contributed by atoms with Crippen LogP contribution < -0.4 is 0 Å². The van der Waals surface area contributed by atoms with Gasteiger partial charge in [0.25, 0.3) is 0 Å². The lowest BCUT2D eigenvalue weighted by Crippen LogP contribution is -2.01. The third-order valence-electron chi connectivity index (χ3n) is 9.43. The molecule has 0 bridgehead atoms. The summed E-state index contributed by atoms with van der Waals surface area (Å²) in [6, 6.07) is 58.8. The molecule has 0 aliphatic carbocycles. The van der Waals surface area contributed by atoms with E-state index in [0.717, 1.165) is 77.2 Å². The van der Waals surface area contributed by atoms with E-state index in [-0.39, 0.29) is 0 Å². The summed E-state index contributed by atoms with van der Waals surface area (Å²) in [6.45, 7) is 0. The van der Waals surface area contributed by atoms with Crippen molar-refractivity contribution in [2.45, 2.75) is 0 Å². The maximum atomic E-state index is 10.9. The zero-order valence-corrected chi connectivity index (χ0v) is 25.8. The maximum Gasteiger partial charge on any atom is 0.102 e. The smallest absolute Gasteiger partial charge is 0.102 e. The predicted molar refractivity (Wildman–Crippen MR) is 195 cm³/mol. The number of benzene rings is 7. The highest BCUT2D eigenvalue weighted by molar-refractivity contribution is 6.11. The van der Waals surface area contributed by atoms with Crippen LogP contribution in [0.3, 0.4) is 0 Å². The van der Waals surface area contributed by atoms with Gasteiger partial charge in [-0.1, -0.05) is 115 Å². The summed E-state index contributed by atoms with van der Waals surface area (Å²) in [6.07, 6.45) is 0. The van der Waals surface area contributed by atoms with Gasteiger partial charge < -0.3 is 9.13 Å². The minimum absolute atomic E-state index is 0.583. The van der Waals surface area contributed by atoms with Gasteiger partial charge in [-0.15, -0.1) is 0 Å². The first kappa shape index (κ1) is 27.4. The molecule has 0 unspecified atom stereocenters. The molecule has 4 nitrogen and oxygen atoms in total. The van der Waals surface area contributed by atoms with Crippen LogP contribution in [0.25, 0.3) is 77.2 Å². The molecule has 0 saturated carbocycles. The van der Waals surface area contributed by atoms with Gasteiger partial charge in [-0.2, -0.15) is 10.5 Å². The SMILES string of the molecule is N#Cc1ccc(-c2ccccc2-c2cccc(-n3c4ccccc4c4ccccc43)c2C#N)c(-n2c3ccccc3c3ccccc32)c1. The minimum Gasteiger partial charge on any atom is -0.309 e. The van der Waals surface area contributed by atoms with E-state index in [4.69, 9.17) is 0 Å². The van der Waals surface area contributed by atoms with Gasteiger partial charge in [0.2, 0.25) is 0 Å². The fourth-order valence-electron chi connectivity index (χ4n) is 7.40. The molecule has 2 aromatic heterocycles. The Labute approximate surface area is 277 Å². The van der Waals surface area contributed by atoms with Gasteiger partial charge >= 0.3 is 0 Å². The van der Waals surface area contributed by atoms with Crippen molar-refractivity contribution in [1.29, 1.82) is 10.5 Å². The molecule has 7 aromatic carbocycles.